The van der Waals surface area contributed by atoms with Gasteiger partial charge in [0.1, 0.15) is 12.4 Å². The molecule has 1 aromatic heterocycles. The van der Waals surface area contributed by atoms with Crippen molar-refractivity contribution in [1.29, 1.82) is 0 Å². The summed E-state index contributed by atoms with van der Waals surface area (Å²) in [7, 11) is 0. The molecule has 2 rings (SSSR count). The minimum Gasteiger partial charge on any atom is -0.492 e. The summed E-state index contributed by atoms with van der Waals surface area (Å²) in [5.74, 6) is 0.792. The van der Waals surface area contributed by atoms with Gasteiger partial charge in [0.15, 0.2) is 0 Å². The Morgan fingerprint density at radius 3 is 2.42 bits per heavy atom. The molecule has 1 heterocycles. The molecule has 0 bridgehead atoms. The van der Waals surface area contributed by atoms with Crippen LogP contribution < -0.4 is 16.2 Å². The van der Waals surface area contributed by atoms with E-state index in [1.54, 1.807) is 21.5 Å². The van der Waals surface area contributed by atoms with E-state index in [2.05, 4.69) is 0 Å². The Kier molecular flexibility index (Phi) is 4.41. The first-order chi connectivity index (χ1) is 9.24. The van der Waals surface area contributed by atoms with Crippen molar-refractivity contribution in [1.82, 2.24) is 9.13 Å². The summed E-state index contributed by atoms with van der Waals surface area (Å²) < 4.78 is 8.91. The maximum Gasteiger partial charge on any atom is 0.328 e. The molecule has 0 aliphatic heterocycles. The Labute approximate surface area is 112 Å². The van der Waals surface area contributed by atoms with E-state index in [4.69, 9.17) is 10.5 Å². The molecular weight excluding hydrogens is 242 g/mol. The number of benzene rings is 1. The van der Waals surface area contributed by atoms with E-state index in [-0.39, 0.29) is 5.69 Å². The van der Waals surface area contributed by atoms with Crippen LogP contribution >= 0.6 is 0 Å². The second-order valence-corrected chi connectivity index (χ2v) is 4.26. The van der Waals surface area contributed by atoms with Gasteiger partial charge in [0.25, 0.3) is 0 Å². The number of rotatable bonds is 6. The minimum atomic E-state index is 0.00424. The monoisotopic (exact) mass is 261 g/mol. The second-order valence-electron chi connectivity index (χ2n) is 4.26. The zero-order valence-electron chi connectivity index (χ0n) is 11.1. The molecule has 0 atom stereocenters. The molecule has 0 saturated carbocycles. The van der Waals surface area contributed by atoms with Crippen LogP contribution in [-0.4, -0.2) is 15.7 Å². The highest BCUT2D eigenvalue weighted by atomic mass is 16.5. The van der Waals surface area contributed by atoms with Crippen LogP contribution in [0.4, 0.5) is 0 Å². The quantitative estimate of drug-likeness (QED) is 0.850. The fraction of sp³-hybridized carbons (Fsp3) is 0.357. The van der Waals surface area contributed by atoms with Crippen LogP contribution in [0.15, 0.2) is 41.5 Å². The molecule has 0 spiro atoms. The summed E-state index contributed by atoms with van der Waals surface area (Å²) in [6.07, 6.45) is 3.57. The van der Waals surface area contributed by atoms with E-state index in [9.17, 15) is 4.79 Å². The third kappa shape index (κ3) is 3.26. The van der Waals surface area contributed by atoms with Crippen molar-refractivity contribution in [3.8, 4) is 5.75 Å². The largest absolute Gasteiger partial charge is 0.492 e. The van der Waals surface area contributed by atoms with Crippen molar-refractivity contribution >= 4 is 0 Å². The first-order valence-corrected chi connectivity index (χ1v) is 6.42. The molecule has 0 saturated heterocycles. The van der Waals surface area contributed by atoms with Crippen LogP contribution in [0.25, 0.3) is 0 Å². The Bertz CT molecular complexity index is 569. The molecule has 0 aliphatic carbocycles. The summed E-state index contributed by atoms with van der Waals surface area (Å²) >= 11 is 0. The normalized spacial score (nSPS) is 10.6. The van der Waals surface area contributed by atoms with Gasteiger partial charge in [-0.15, -0.1) is 0 Å². The molecule has 102 valence electrons. The first-order valence-electron chi connectivity index (χ1n) is 6.42. The van der Waals surface area contributed by atoms with Crippen LogP contribution in [-0.2, 0) is 19.6 Å². The number of aryl methyl sites for hydroxylation is 1. The second kappa shape index (κ2) is 6.24. The zero-order chi connectivity index (χ0) is 13.7. The van der Waals surface area contributed by atoms with Gasteiger partial charge < -0.3 is 10.5 Å². The van der Waals surface area contributed by atoms with Gasteiger partial charge >= 0.3 is 5.69 Å². The number of nitrogens with zero attached hydrogens (tertiary/aromatic N) is 2. The first kappa shape index (κ1) is 13.4. The van der Waals surface area contributed by atoms with Gasteiger partial charge in [-0.1, -0.05) is 12.1 Å². The predicted molar refractivity (Wildman–Crippen MR) is 74.2 cm³/mol. The lowest BCUT2D eigenvalue weighted by atomic mass is 10.2. The highest BCUT2D eigenvalue weighted by Crippen LogP contribution is 2.11. The summed E-state index contributed by atoms with van der Waals surface area (Å²) in [5.41, 5.74) is 6.60. The van der Waals surface area contributed by atoms with Gasteiger partial charge in [-0.3, -0.25) is 9.13 Å². The number of aromatic nitrogens is 2. The Morgan fingerprint density at radius 2 is 1.84 bits per heavy atom. The molecule has 0 unspecified atom stereocenters. The highest BCUT2D eigenvalue weighted by Gasteiger charge is 2.01. The molecule has 2 N–H and O–H groups in total. The van der Waals surface area contributed by atoms with E-state index >= 15 is 0 Å². The molecule has 19 heavy (non-hydrogen) atoms. The van der Waals surface area contributed by atoms with Crippen molar-refractivity contribution in [2.24, 2.45) is 5.73 Å². The third-order valence-corrected chi connectivity index (χ3v) is 3.02. The van der Waals surface area contributed by atoms with E-state index in [1.165, 1.54) is 0 Å². The minimum absolute atomic E-state index is 0.00424. The zero-order valence-corrected chi connectivity index (χ0v) is 11.1. The average Bonchev–Trinajstić information content (AvgIpc) is 2.80. The Morgan fingerprint density at radius 1 is 1.16 bits per heavy atom. The van der Waals surface area contributed by atoms with Crippen LogP contribution in [0.3, 0.4) is 0 Å². The smallest absolute Gasteiger partial charge is 0.328 e. The molecule has 0 fully saturated rings. The van der Waals surface area contributed by atoms with E-state index in [0.717, 1.165) is 11.3 Å². The van der Waals surface area contributed by atoms with Crippen LogP contribution in [0.1, 0.15) is 12.5 Å². The Balaban J connectivity index is 1.88. The average molecular weight is 261 g/mol. The van der Waals surface area contributed by atoms with Crippen molar-refractivity contribution in [3.63, 3.8) is 0 Å². The van der Waals surface area contributed by atoms with Gasteiger partial charge in [-0.2, -0.15) is 0 Å². The lowest BCUT2D eigenvalue weighted by molar-refractivity contribution is 0.296. The predicted octanol–water partition coefficient (Wildman–Crippen LogP) is 1.21. The molecule has 0 radical (unpaired) electrons. The molecule has 0 aliphatic rings. The lowest BCUT2D eigenvalue weighted by Gasteiger charge is -2.07. The number of hydrogen-bond acceptors (Lipinski definition) is 3. The number of ether oxygens (including phenoxy) is 1. The van der Waals surface area contributed by atoms with Crippen molar-refractivity contribution in [2.75, 3.05) is 6.61 Å². The molecule has 5 heteroatoms. The number of hydrogen-bond donors (Lipinski definition) is 1. The standard InChI is InChI=1S/C14H19N3O2/c1-2-16-7-8-17(14(16)18)9-10-19-13-5-3-12(11-15)4-6-13/h3-8H,2,9-11,15H2,1H3. The molecular formula is C14H19N3O2. The maximum atomic E-state index is 11.8. The third-order valence-electron chi connectivity index (χ3n) is 3.02. The van der Waals surface area contributed by atoms with E-state index in [1.807, 2.05) is 31.2 Å². The molecule has 2 aromatic rings. The van der Waals surface area contributed by atoms with Crippen LogP contribution in [0, 0.1) is 0 Å². The topological polar surface area (TPSA) is 62.2 Å². The maximum absolute atomic E-state index is 11.8. The Hall–Kier alpha value is -2.01. The van der Waals surface area contributed by atoms with Gasteiger partial charge in [0.05, 0.1) is 6.54 Å². The van der Waals surface area contributed by atoms with Crippen molar-refractivity contribution in [3.05, 3.63) is 52.7 Å². The summed E-state index contributed by atoms with van der Waals surface area (Å²) in [6, 6.07) is 7.66. The molecule has 1 aromatic carbocycles. The summed E-state index contributed by atoms with van der Waals surface area (Å²) in [4.78, 5) is 11.8. The summed E-state index contributed by atoms with van der Waals surface area (Å²) in [5, 5.41) is 0. The van der Waals surface area contributed by atoms with Crippen LogP contribution in [0.5, 0.6) is 5.75 Å². The molecule has 0 amide bonds. The molecule has 5 nitrogen and oxygen atoms in total. The fourth-order valence-corrected chi connectivity index (χ4v) is 1.85. The van der Waals surface area contributed by atoms with Gasteiger partial charge in [0, 0.05) is 25.5 Å². The van der Waals surface area contributed by atoms with Crippen molar-refractivity contribution in [2.45, 2.75) is 26.6 Å². The lowest BCUT2D eigenvalue weighted by Crippen LogP contribution is -2.25. The summed E-state index contributed by atoms with van der Waals surface area (Å²) in [6.45, 7) is 4.18. The van der Waals surface area contributed by atoms with Gasteiger partial charge in [-0.05, 0) is 24.6 Å². The van der Waals surface area contributed by atoms with Gasteiger partial charge in [-0.25, -0.2) is 4.79 Å². The fourth-order valence-electron chi connectivity index (χ4n) is 1.85. The van der Waals surface area contributed by atoms with E-state index < -0.39 is 0 Å². The van der Waals surface area contributed by atoms with Gasteiger partial charge in [0.2, 0.25) is 0 Å². The van der Waals surface area contributed by atoms with Crippen molar-refractivity contribution < 1.29 is 4.74 Å². The SMILES string of the molecule is CCn1ccn(CCOc2ccc(CN)cc2)c1=O. The highest BCUT2D eigenvalue weighted by molar-refractivity contribution is 5.26. The number of nitrogens with two attached hydrogens (primary N) is 1. The van der Waals surface area contributed by atoms with Crippen LogP contribution in [0.2, 0.25) is 0 Å². The van der Waals surface area contributed by atoms with E-state index in [0.29, 0.717) is 26.2 Å². The number of imidazole rings is 1.